The van der Waals surface area contributed by atoms with Gasteiger partial charge in [0.15, 0.2) is 0 Å². The van der Waals surface area contributed by atoms with Gasteiger partial charge >= 0.3 is 0 Å². The van der Waals surface area contributed by atoms with Crippen LogP contribution in [0.25, 0.3) is 0 Å². The van der Waals surface area contributed by atoms with Gasteiger partial charge in [-0.1, -0.05) is 6.92 Å². The molecule has 6 nitrogen and oxygen atoms in total. The zero-order valence-corrected chi connectivity index (χ0v) is 13.6. The fourth-order valence-electron chi connectivity index (χ4n) is 1.95. The zero-order chi connectivity index (χ0) is 17.7. The summed E-state index contributed by atoms with van der Waals surface area (Å²) in [6.07, 6.45) is 1.45. The van der Waals surface area contributed by atoms with Gasteiger partial charge in [0.25, 0.3) is 0 Å². The first-order chi connectivity index (χ1) is 11.3. The molecule has 2 N–H and O–H groups in total. The molecule has 0 fully saturated rings. The van der Waals surface area contributed by atoms with Crippen LogP contribution in [0.1, 0.15) is 12.7 Å². The minimum Gasteiger partial charge on any atom is -0.467 e. The van der Waals surface area contributed by atoms with Crippen molar-refractivity contribution >= 4 is 21.6 Å². The van der Waals surface area contributed by atoms with E-state index in [-0.39, 0.29) is 12.2 Å². The van der Waals surface area contributed by atoms with Crippen molar-refractivity contribution in [1.29, 1.82) is 0 Å². The SMILES string of the molecule is CC(CS(=O)(=O)Nc1ccc(F)cc1F)C(=O)NCc1ccco1. The van der Waals surface area contributed by atoms with Gasteiger partial charge in [0.05, 0.1) is 30.2 Å². The maximum atomic E-state index is 13.5. The number of benzene rings is 1. The molecule has 1 unspecified atom stereocenters. The average molecular weight is 358 g/mol. The van der Waals surface area contributed by atoms with Gasteiger partial charge in [-0.15, -0.1) is 0 Å². The van der Waals surface area contributed by atoms with E-state index in [1.54, 1.807) is 12.1 Å². The van der Waals surface area contributed by atoms with Crippen molar-refractivity contribution in [1.82, 2.24) is 5.32 Å². The predicted molar refractivity (Wildman–Crippen MR) is 83.5 cm³/mol. The van der Waals surface area contributed by atoms with Crippen LogP contribution in [-0.2, 0) is 21.4 Å². The number of amides is 1. The summed E-state index contributed by atoms with van der Waals surface area (Å²) in [7, 11) is -3.98. The normalized spacial score (nSPS) is 12.6. The van der Waals surface area contributed by atoms with E-state index >= 15 is 0 Å². The third-order valence-corrected chi connectivity index (χ3v) is 4.60. The Hall–Kier alpha value is -2.42. The molecule has 1 heterocycles. The summed E-state index contributed by atoms with van der Waals surface area (Å²) >= 11 is 0. The van der Waals surface area contributed by atoms with E-state index in [9.17, 15) is 22.0 Å². The summed E-state index contributed by atoms with van der Waals surface area (Å²) in [5.74, 6) is -3.23. The molecule has 0 aliphatic rings. The van der Waals surface area contributed by atoms with E-state index in [2.05, 4.69) is 5.32 Å². The number of sulfonamides is 1. The fraction of sp³-hybridized carbons (Fsp3) is 0.267. The number of carbonyl (C=O) groups is 1. The highest BCUT2D eigenvalue weighted by Gasteiger charge is 2.22. The maximum Gasteiger partial charge on any atom is 0.233 e. The molecule has 9 heteroatoms. The van der Waals surface area contributed by atoms with Gasteiger partial charge in [0.1, 0.15) is 17.4 Å². The summed E-state index contributed by atoms with van der Waals surface area (Å²) < 4.78 is 57.4. The fourth-order valence-corrected chi connectivity index (χ4v) is 3.34. The Bertz CT molecular complexity index is 807. The van der Waals surface area contributed by atoms with Crippen molar-refractivity contribution in [2.24, 2.45) is 5.92 Å². The number of furan rings is 1. The van der Waals surface area contributed by atoms with Gasteiger partial charge in [0.2, 0.25) is 15.9 Å². The van der Waals surface area contributed by atoms with Gasteiger partial charge in [-0.3, -0.25) is 9.52 Å². The highest BCUT2D eigenvalue weighted by molar-refractivity contribution is 7.92. The number of nitrogens with one attached hydrogen (secondary N) is 2. The van der Waals surface area contributed by atoms with Gasteiger partial charge < -0.3 is 9.73 Å². The quantitative estimate of drug-likeness (QED) is 0.795. The average Bonchev–Trinajstić information content (AvgIpc) is 3.00. The molecule has 0 aliphatic heterocycles. The summed E-state index contributed by atoms with van der Waals surface area (Å²) in [5, 5.41) is 2.54. The summed E-state index contributed by atoms with van der Waals surface area (Å²) in [6.45, 7) is 1.56. The Kier molecular flexibility index (Phi) is 5.55. The molecular weight excluding hydrogens is 342 g/mol. The van der Waals surface area contributed by atoms with Crippen LogP contribution in [0.4, 0.5) is 14.5 Å². The third-order valence-electron chi connectivity index (χ3n) is 3.13. The minimum atomic E-state index is -3.98. The molecule has 0 spiro atoms. The van der Waals surface area contributed by atoms with Crippen LogP contribution in [0.15, 0.2) is 41.0 Å². The number of anilines is 1. The van der Waals surface area contributed by atoms with E-state index in [4.69, 9.17) is 4.42 Å². The molecule has 0 aliphatic carbocycles. The minimum absolute atomic E-state index is 0.135. The summed E-state index contributed by atoms with van der Waals surface area (Å²) in [4.78, 5) is 11.9. The molecule has 130 valence electrons. The molecule has 2 rings (SSSR count). The molecule has 0 bridgehead atoms. The second kappa shape index (κ2) is 7.43. The lowest BCUT2D eigenvalue weighted by Gasteiger charge is -2.14. The lowest BCUT2D eigenvalue weighted by molar-refractivity contribution is -0.124. The molecule has 1 aromatic heterocycles. The van der Waals surface area contributed by atoms with Gasteiger partial charge in [-0.25, -0.2) is 17.2 Å². The highest BCUT2D eigenvalue weighted by atomic mass is 32.2. The Morgan fingerprint density at radius 3 is 2.67 bits per heavy atom. The number of hydrogen-bond acceptors (Lipinski definition) is 4. The summed E-state index contributed by atoms with van der Waals surface area (Å²) in [6, 6.07) is 5.80. The molecule has 1 amide bonds. The number of carbonyl (C=O) groups excluding carboxylic acids is 1. The van der Waals surface area contributed by atoms with Gasteiger partial charge in [0, 0.05) is 6.07 Å². The van der Waals surface area contributed by atoms with Crippen LogP contribution in [-0.4, -0.2) is 20.1 Å². The number of rotatable bonds is 7. The van der Waals surface area contributed by atoms with E-state index < -0.39 is 39.2 Å². The highest BCUT2D eigenvalue weighted by Crippen LogP contribution is 2.17. The first-order valence-corrected chi connectivity index (χ1v) is 8.68. The van der Waals surface area contributed by atoms with Crippen molar-refractivity contribution in [3.8, 4) is 0 Å². The zero-order valence-electron chi connectivity index (χ0n) is 12.8. The van der Waals surface area contributed by atoms with E-state index in [1.807, 2.05) is 4.72 Å². The standard InChI is InChI=1S/C15H16F2N2O4S/c1-10(15(20)18-8-12-3-2-6-23-12)9-24(21,22)19-14-5-4-11(16)7-13(14)17/h2-7,10,19H,8-9H2,1H3,(H,18,20). The Balaban J connectivity index is 1.93. The molecule has 2 aromatic rings. The third kappa shape index (κ3) is 5.05. The molecule has 0 saturated carbocycles. The van der Waals surface area contributed by atoms with E-state index in [0.29, 0.717) is 11.8 Å². The molecule has 1 atom stereocenters. The molecule has 1 aromatic carbocycles. The van der Waals surface area contributed by atoms with Crippen LogP contribution >= 0.6 is 0 Å². The van der Waals surface area contributed by atoms with Crippen molar-refractivity contribution in [2.45, 2.75) is 13.5 Å². The van der Waals surface area contributed by atoms with Gasteiger partial charge in [-0.05, 0) is 24.3 Å². The van der Waals surface area contributed by atoms with Crippen molar-refractivity contribution < 1.29 is 26.4 Å². The predicted octanol–water partition coefficient (Wildman–Crippen LogP) is 2.25. The van der Waals surface area contributed by atoms with E-state index in [1.165, 1.54) is 13.2 Å². The molecular formula is C15H16F2N2O4S. The number of hydrogen-bond donors (Lipinski definition) is 2. The Morgan fingerprint density at radius 1 is 1.29 bits per heavy atom. The molecule has 24 heavy (non-hydrogen) atoms. The van der Waals surface area contributed by atoms with Crippen molar-refractivity contribution in [3.05, 3.63) is 54.0 Å². The lowest BCUT2D eigenvalue weighted by Crippen LogP contribution is -2.34. The monoisotopic (exact) mass is 358 g/mol. The summed E-state index contributed by atoms with van der Waals surface area (Å²) in [5.41, 5.74) is -0.375. The maximum absolute atomic E-state index is 13.5. The smallest absolute Gasteiger partial charge is 0.233 e. The second-order valence-corrected chi connectivity index (χ2v) is 6.97. The van der Waals surface area contributed by atoms with Crippen molar-refractivity contribution in [2.75, 3.05) is 10.5 Å². The van der Waals surface area contributed by atoms with Crippen LogP contribution in [0, 0.1) is 17.6 Å². The first-order valence-electron chi connectivity index (χ1n) is 7.02. The van der Waals surface area contributed by atoms with Crippen LogP contribution in [0.3, 0.4) is 0 Å². The van der Waals surface area contributed by atoms with Gasteiger partial charge in [-0.2, -0.15) is 0 Å². The van der Waals surface area contributed by atoms with Crippen LogP contribution in [0.5, 0.6) is 0 Å². The first kappa shape index (κ1) is 17.9. The second-order valence-electron chi connectivity index (χ2n) is 5.21. The lowest BCUT2D eigenvalue weighted by atomic mass is 10.2. The largest absolute Gasteiger partial charge is 0.467 e. The number of halogens is 2. The Morgan fingerprint density at radius 2 is 2.04 bits per heavy atom. The topological polar surface area (TPSA) is 88.4 Å². The Labute approximate surface area is 137 Å². The van der Waals surface area contributed by atoms with Crippen LogP contribution in [0.2, 0.25) is 0 Å². The van der Waals surface area contributed by atoms with E-state index in [0.717, 1.165) is 12.1 Å². The molecule has 0 saturated heterocycles. The molecule has 0 radical (unpaired) electrons. The van der Waals surface area contributed by atoms with Crippen molar-refractivity contribution in [3.63, 3.8) is 0 Å². The van der Waals surface area contributed by atoms with Crippen LogP contribution < -0.4 is 10.0 Å².